The summed E-state index contributed by atoms with van der Waals surface area (Å²) in [5.74, 6) is 0.114. The van der Waals surface area contributed by atoms with Crippen LogP contribution >= 0.6 is 0 Å². The molecule has 3 nitrogen and oxygen atoms in total. The van der Waals surface area contributed by atoms with Crippen molar-refractivity contribution < 1.29 is 4.79 Å². The van der Waals surface area contributed by atoms with Crippen molar-refractivity contribution in [1.82, 2.24) is 10.2 Å². The molecule has 0 spiro atoms. The molecule has 0 saturated heterocycles. The van der Waals surface area contributed by atoms with E-state index in [1.807, 2.05) is 18.9 Å². The normalized spacial score (nSPS) is 10.2. The fourth-order valence-corrected chi connectivity index (χ4v) is 0.959. The van der Waals surface area contributed by atoms with Gasteiger partial charge in [0, 0.05) is 6.54 Å². The van der Waals surface area contributed by atoms with Crippen LogP contribution in [0.1, 0.15) is 20.3 Å². The highest BCUT2D eigenvalue weighted by molar-refractivity contribution is 5.77. The maximum Gasteiger partial charge on any atom is 0.234 e. The van der Waals surface area contributed by atoms with Crippen LogP contribution in [-0.4, -0.2) is 37.5 Å². The molecule has 0 unspecified atom stereocenters. The first kappa shape index (κ1) is 10.4. The summed E-state index contributed by atoms with van der Waals surface area (Å²) < 4.78 is 0. The lowest BCUT2D eigenvalue weighted by atomic mass is 10.4. The van der Waals surface area contributed by atoms with E-state index in [0.29, 0.717) is 6.54 Å². The molecule has 0 rings (SSSR count). The van der Waals surface area contributed by atoms with Crippen molar-refractivity contribution in [2.75, 3.05) is 26.7 Å². The van der Waals surface area contributed by atoms with Gasteiger partial charge in [0.05, 0.1) is 6.54 Å². The Morgan fingerprint density at radius 3 is 2.55 bits per heavy atom. The van der Waals surface area contributed by atoms with Gasteiger partial charge in [-0.2, -0.15) is 0 Å². The molecule has 3 heteroatoms. The van der Waals surface area contributed by atoms with Gasteiger partial charge in [0.1, 0.15) is 0 Å². The second kappa shape index (κ2) is 6.16. The van der Waals surface area contributed by atoms with Crippen LogP contribution in [0.2, 0.25) is 0 Å². The number of likely N-dealkylation sites (N-methyl/N-ethyl adjacent to an activating group) is 2. The van der Waals surface area contributed by atoms with Crippen LogP contribution in [0.25, 0.3) is 0 Å². The Hall–Kier alpha value is -0.570. The van der Waals surface area contributed by atoms with E-state index in [9.17, 15) is 4.79 Å². The number of hydrogen-bond donors (Lipinski definition) is 1. The van der Waals surface area contributed by atoms with Gasteiger partial charge in [-0.05, 0) is 26.9 Å². The Labute approximate surface area is 68.8 Å². The predicted molar refractivity (Wildman–Crippen MR) is 46.5 cm³/mol. The van der Waals surface area contributed by atoms with Crippen molar-refractivity contribution >= 4 is 5.91 Å². The Morgan fingerprint density at radius 2 is 2.09 bits per heavy atom. The third kappa shape index (κ3) is 5.85. The second-order valence-corrected chi connectivity index (χ2v) is 2.69. The standard InChI is InChI=1S/C8H18N2O/c1-4-6-10(3)7-8(11)9-5-2/h4-7H2,1-3H3,(H,9,11). The summed E-state index contributed by atoms with van der Waals surface area (Å²) in [6.07, 6.45) is 1.09. The summed E-state index contributed by atoms with van der Waals surface area (Å²) in [4.78, 5) is 13.0. The van der Waals surface area contributed by atoms with E-state index in [1.165, 1.54) is 0 Å². The van der Waals surface area contributed by atoms with Crippen LogP contribution in [0.15, 0.2) is 0 Å². The largest absolute Gasteiger partial charge is 0.355 e. The highest BCUT2D eigenvalue weighted by Crippen LogP contribution is 1.84. The van der Waals surface area contributed by atoms with Gasteiger partial charge in [-0.3, -0.25) is 9.69 Å². The van der Waals surface area contributed by atoms with Crippen LogP contribution in [0, 0.1) is 0 Å². The average molecular weight is 158 g/mol. The number of carbonyl (C=O) groups is 1. The lowest BCUT2D eigenvalue weighted by molar-refractivity contribution is -0.121. The first-order valence-corrected chi connectivity index (χ1v) is 4.16. The van der Waals surface area contributed by atoms with Crippen LogP contribution in [0.5, 0.6) is 0 Å². The predicted octanol–water partition coefficient (Wildman–Crippen LogP) is 0.464. The molecule has 0 atom stereocenters. The van der Waals surface area contributed by atoms with Gasteiger partial charge in [-0.15, -0.1) is 0 Å². The summed E-state index contributed by atoms with van der Waals surface area (Å²) in [6.45, 7) is 6.25. The number of amides is 1. The molecule has 0 saturated carbocycles. The molecule has 0 aliphatic carbocycles. The van der Waals surface area contributed by atoms with E-state index >= 15 is 0 Å². The molecule has 1 N–H and O–H groups in total. The minimum atomic E-state index is 0.114. The highest BCUT2D eigenvalue weighted by atomic mass is 16.1. The highest BCUT2D eigenvalue weighted by Gasteiger charge is 2.02. The molecule has 0 heterocycles. The van der Waals surface area contributed by atoms with E-state index in [0.717, 1.165) is 19.5 Å². The number of carbonyl (C=O) groups excluding carboxylic acids is 1. The third-order valence-corrected chi connectivity index (χ3v) is 1.39. The SMILES string of the molecule is CCCN(C)CC(=O)NCC. The maximum absolute atomic E-state index is 11.0. The fourth-order valence-electron chi connectivity index (χ4n) is 0.959. The summed E-state index contributed by atoms with van der Waals surface area (Å²) in [5, 5.41) is 2.75. The van der Waals surface area contributed by atoms with E-state index in [4.69, 9.17) is 0 Å². The quantitative estimate of drug-likeness (QED) is 0.630. The lowest BCUT2D eigenvalue weighted by Gasteiger charge is -2.13. The van der Waals surface area contributed by atoms with Gasteiger partial charge < -0.3 is 5.32 Å². The molecule has 0 fully saturated rings. The number of hydrogen-bond acceptors (Lipinski definition) is 2. The topological polar surface area (TPSA) is 32.3 Å². The monoisotopic (exact) mass is 158 g/mol. The smallest absolute Gasteiger partial charge is 0.234 e. The van der Waals surface area contributed by atoms with Gasteiger partial charge in [0.15, 0.2) is 0 Å². The van der Waals surface area contributed by atoms with Gasteiger partial charge >= 0.3 is 0 Å². The van der Waals surface area contributed by atoms with Crippen molar-refractivity contribution in [3.05, 3.63) is 0 Å². The second-order valence-electron chi connectivity index (χ2n) is 2.69. The van der Waals surface area contributed by atoms with Crippen molar-refractivity contribution in [3.8, 4) is 0 Å². The molecule has 0 aromatic rings. The molecule has 1 amide bonds. The van der Waals surface area contributed by atoms with Crippen molar-refractivity contribution in [2.45, 2.75) is 20.3 Å². The lowest BCUT2D eigenvalue weighted by Crippen LogP contribution is -2.35. The molecule has 66 valence electrons. The summed E-state index contributed by atoms with van der Waals surface area (Å²) in [6, 6.07) is 0. The van der Waals surface area contributed by atoms with E-state index in [2.05, 4.69) is 12.2 Å². The van der Waals surface area contributed by atoms with Gasteiger partial charge in [0.25, 0.3) is 0 Å². The molecule has 0 aliphatic rings. The molecular formula is C8H18N2O. The van der Waals surface area contributed by atoms with Crippen LogP contribution < -0.4 is 5.32 Å². The number of nitrogens with one attached hydrogen (secondary N) is 1. The molecule has 0 bridgehead atoms. The molecule has 0 radical (unpaired) electrons. The summed E-state index contributed by atoms with van der Waals surface area (Å²) in [5.41, 5.74) is 0. The van der Waals surface area contributed by atoms with Crippen molar-refractivity contribution in [1.29, 1.82) is 0 Å². The summed E-state index contributed by atoms with van der Waals surface area (Å²) >= 11 is 0. The van der Waals surface area contributed by atoms with Crippen LogP contribution in [-0.2, 0) is 4.79 Å². The molecule has 11 heavy (non-hydrogen) atoms. The zero-order valence-electron chi connectivity index (χ0n) is 7.68. The maximum atomic E-state index is 11.0. The van der Waals surface area contributed by atoms with Crippen LogP contribution in [0.4, 0.5) is 0 Å². The fraction of sp³-hybridized carbons (Fsp3) is 0.875. The Morgan fingerprint density at radius 1 is 1.45 bits per heavy atom. The van der Waals surface area contributed by atoms with Gasteiger partial charge in [-0.25, -0.2) is 0 Å². The van der Waals surface area contributed by atoms with E-state index < -0.39 is 0 Å². The average Bonchev–Trinajstić information content (AvgIpc) is 1.87. The molecule has 0 aromatic heterocycles. The minimum absolute atomic E-state index is 0.114. The zero-order valence-corrected chi connectivity index (χ0v) is 7.68. The van der Waals surface area contributed by atoms with Crippen molar-refractivity contribution in [3.63, 3.8) is 0 Å². The van der Waals surface area contributed by atoms with Crippen LogP contribution in [0.3, 0.4) is 0 Å². The minimum Gasteiger partial charge on any atom is -0.355 e. The van der Waals surface area contributed by atoms with Gasteiger partial charge in [0.2, 0.25) is 5.91 Å². The molecule has 0 aromatic carbocycles. The Balaban J connectivity index is 3.40. The first-order valence-electron chi connectivity index (χ1n) is 4.16. The Bertz CT molecular complexity index is 115. The van der Waals surface area contributed by atoms with E-state index in [1.54, 1.807) is 0 Å². The molecule has 0 aliphatic heterocycles. The molecular weight excluding hydrogens is 140 g/mol. The summed E-state index contributed by atoms with van der Waals surface area (Å²) in [7, 11) is 1.96. The number of rotatable bonds is 5. The first-order chi connectivity index (χ1) is 5.20. The van der Waals surface area contributed by atoms with Crippen molar-refractivity contribution in [2.24, 2.45) is 0 Å². The Kier molecular flexibility index (Phi) is 5.84. The van der Waals surface area contributed by atoms with E-state index in [-0.39, 0.29) is 5.91 Å². The zero-order chi connectivity index (χ0) is 8.69. The third-order valence-electron chi connectivity index (χ3n) is 1.39. The van der Waals surface area contributed by atoms with Gasteiger partial charge in [-0.1, -0.05) is 6.92 Å². The number of nitrogens with zero attached hydrogens (tertiary/aromatic N) is 1.